The number of thiazole rings is 1. The van der Waals surface area contributed by atoms with Crippen LogP contribution in [0.4, 0.5) is 15.1 Å². The number of nitrogen functional groups attached to an aromatic ring is 1. The first-order valence-electron chi connectivity index (χ1n) is 8.36. The minimum Gasteiger partial charge on any atom is -0.389 e. The molecule has 0 spiro atoms. The van der Waals surface area contributed by atoms with Gasteiger partial charge in [-0.05, 0) is 56.2 Å². The molecule has 0 saturated carbocycles. The summed E-state index contributed by atoms with van der Waals surface area (Å²) in [6.07, 6.45) is 0. The molecule has 7 heteroatoms. The lowest BCUT2D eigenvalue weighted by atomic mass is 10.1. The van der Waals surface area contributed by atoms with E-state index in [1.165, 1.54) is 40.8 Å². The standard InChI is InChI=1S/C20H20FN3OS2/c1-11-8-12(2)17(13(3)9-11)23-16(25)10-26-20-24-18(19(22)27-20)14-4-6-15(21)7-5-14/h4-9H,10,22H2,1-3H3,(H,23,25). The average Bonchev–Trinajstić information content (AvgIpc) is 2.98. The van der Waals surface area contributed by atoms with Crippen molar-refractivity contribution < 1.29 is 9.18 Å². The molecule has 0 atom stereocenters. The number of nitrogens with zero attached hydrogens (tertiary/aromatic N) is 1. The van der Waals surface area contributed by atoms with Crippen LogP contribution in [0.1, 0.15) is 16.7 Å². The first-order valence-corrected chi connectivity index (χ1v) is 10.2. The molecule has 3 rings (SSSR count). The van der Waals surface area contributed by atoms with Crippen molar-refractivity contribution in [3.63, 3.8) is 0 Å². The van der Waals surface area contributed by atoms with Crippen LogP contribution in [-0.4, -0.2) is 16.6 Å². The van der Waals surface area contributed by atoms with E-state index in [2.05, 4.69) is 10.3 Å². The molecule has 0 saturated heterocycles. The molecule has 4 nitrogen and oxygen atoms in total. The van der Waals surface area contributed by atoms with Crippen molar-refractivity contribution in [1.29, 1.82) is 0 Å². The van der Waals surface area contributed by atoms with Crippen molar-refractivity contribution in [1.82, 2.24) is 4.98 Å². The van der Waals surface area contributed by atoms with Gasteiger partial charge in [-0.3, -0.25) is 4.79 Å². The van der Waals surface area contributed by atoms with E-state index in [0.29, 0.717) is 15.0 Å². The quantitative estimate of drug-likeness (QED) is 0.578. The van der Waals surface area contributed by atoms with Gasteiger partial charge < -0.3 is 11.1 Å². The summed E-state index contributed by atoms with van der Waals surface area (Å²) in [5.41, 5.74) is 11.5. The third-order valence-corrected chi connectivity index (χ3v) is 6.05. The molecule has 27 heavy (non-hydrogen) atoms. The highest BCUT2D eigenvalue weighted by Gasteiger charge is 2.14. The number of hydrogen-bond acceptors (Lipinski definition) is 5. The normalized spacial score (nSPS) is 10.8. The lowest BCUT2D eigenvalue weighted by molar-refractivity contribution is -0.113. The molecule has 1 amide bonds. The first-order chi connectivity index (χ1) is 12.8. The number of halogens is 1. The van der Waals surface area contributed by atoms with Crippen LogP contribution in [0.3, 0.4) is 0 Å². The van der Waals surface area contributed by atoms with Crippen LogP contribution in [0.15, 0.2) is 40.7 Å². The maximum Gasteiger partial charge on any atom is 0.234 e. The Kier molecular flexibility index (Phi) is 5.82. The van der Waals surface area contributed by atoms with E-state index in [0.717, 1.165) is 22.4 Å². The number of aromatic nitrogens is 1. The fourth-order valence-corrected chi connectivity index (χ4v) is 4.62. The molecule has 0 bridgehead atoms. The second-order valence-electron chi connectivity index (χ2n) is 6.31. The molecule has 0 aliphatic rings. The highest BCUT2D eigenvalue weighted by molar-refractivity contribution is 8.01. The lowest BCUT2D eigenvalue weighted by Crippen LogP contribution is -2.15. The molecule has 140 valence electrons. The molecule has 0 aliphatic heterocycles. The molecular formula is C20H20FN3OS2. The van der Waals surface area contributed by atoms with Gasteiger partial charge in [-0.15, -0.1) is 0 Å². The van der Waals surface area contributed by atoms with Crippen molar-refractivity contribution >= 4 is 39.7 Å². The van der Waals surface area contributed by atoms with Gasteiger partial charge in [-0.25, -0.2) is 9.37 Å². The number of rotatable bonds is 5. The molecule has 0 fully saturated rings. The van der Waals surface area contributed by atoms with Crippen LogP contribution in [0.5, 0.6) is 0 Å². The fraction of sp³-hybridized carbons (Fsp3) is 0.200. The van der Waals surface area contributed by atoms with Crippen molar-refractivity contribution in [2.75, 3.05) is 16.8 Å². The van der Waals surface area contributed by atoms with Gasteiger partial charge in [-0.1, -0.05) is 40.8 Å². The summed E-state index contributed by atoms with van der Waals surface area (Å²) in [6.45, 7) is 6.01. The third kappa shape index (κ3) is 4.67. The summed E-state index contributed by atoms with van der Waals surface area (Å²) in [5.74, 6) is -0.157. The van der Waals surface area contributed by atoms with E-state index in [-0.39, 0.29) is 17.5 Å². The third-order valence-electron chi connectivity index (χ3n) is 4.02. The van der Waals surface area contributed by atoms with Gasteiger partial charge in [-0.2, -0.15) is 0 Å². The minimum atomic E-state index is -0.305. The topological polar surface area (TPSA) is 68.0 Å². The molecule has 1 heterocycles. The van der Waals surface area contributed by atoms with Gasteiger partial charge in [0.2, 0.25) is 5.91 Å². The zero-order valence-corrected chi connectivity index (χ0v) is 16.9. The van der Waals surface area contributed by atoms with E-state index in [4.69, 9.17) is 5.73 Å². The number of amides is 1. The van der Waals surface area contributed by atoms with E-state index < -0.39 is 0 Å². The van der Waals surface area contributed by atoms with Gasteiger partial charge in [0.1, 0.15) is 16.5 Å². The molecule has 3 aromatic rings. The van der Waals surface area contributed by atoms with E-state index in [1.54, 1.807) is 12.1 Å². The zero-order valence-electron chi connectivity index (χ0n) is 15.3. The summed E-state index contributed by atoms with van der Waals surface area (Å²) in [7, 11) is 0. The average molecular weight is 402 g/mol. The Morgan fingerprint density at radius 3 is 2.44 bits per heavy atom. The number of carbonyl (C=O) groups excluding carboxylic acids is 1. The predicted molar refractivity (Wildman–Crippen MR) is 112 cm³/mol. The summed E-state index contributed by atoms with van der Waals surface area (Å²) in [4.78, 5) is 16.8. The highest BCUT2D eigenvalue weighted by Crippen LogP contribution is 2.35. The summed E-state index contributed by atoms with van der Waals surface area (Å²) in [5, 5.41) is 3.53. The van der Waals surface area contributed by atoms with Crippen LogP contribution >= 0.6 is 23.1 Å². The molecule has 0 unspecified atom stereocenters. The Bertz CT molecular complexity index is 960. The first kappa shape index (κ1) is 19.4. The number of nitrogens with one attached hydrogen (secondary N) is 1. The fourth-order valence-electron chi connectivity index (χ4n) is 2.87. The Hall–Kier alpha value is -2.38. The zero-order chi connectivity index (χ0) is 19.6. The molecule has 0 radical (unpaired) electrons. The lowest BCUT2D eigenvalue weighted by Gasteiger charge is -2.12. The van der Waals surface area contributed by atoms with Crippen LogP contribution in [0, 0.1) is 26.6 Å². The van der Waals surface area contributed by atoms with Crippen LogP contribution in [0.2, 0.25) is 0 Å². The van der Waals surface area contributed by atoms with Gasteiger partial charge in [0.25, 0.3) is 0 Å². The Morgan fingerprint density at radius 2 is 1.81 bits per heavy atom. The van der Waals surface area contributed by atoms with Crippen LogP contribution < -0.4 is 11.1 Å². The molecule has 0 aliphatic carbocycles. The Balaban J connectivity index is 1.66. The van der Waals surface area contributed by atoms with Gasteiger partial charge in [0.05, 0.1) is 5.75 Å². The maximum atomic E-state index is 13.1. The Labute approximate surface area is 166 Å². The van der Waals surface area contributed by atoms with Crippen LogP contribution in [0.25, 0.3) is 11.3 Å². The molecule has 1 aromatic heterocycles. The number of nitrogens with two attached hydrogens (primary N) is 1. The van der Waals surface area contributed by atoms with E-state index in [1.807, 2.05) is 32.9 Å². The van der Waals surface area contributed by atoms with Crippen molar-refractivity contribution in [2.45, 2.75) is 25.1 Å². The largest absolute Gasteiger partial charge is 0.389 e. The van der Waals surface area contributed by atoms with E-state index in [9.17, 15) is 9.18 Å². The Morgan fingerprint density at radius 1 is 1.19 bits per heavy atom. The molecule has 3 N–H and O–H groups in total. The van der Waals surface area contributed by atoms with Gasteiger partial charge >= 0.3 is 0 Å². The maximum absolute atomic E-state index is 13.1. The summed E-state index contributed by atoms with van der Waals surface area (Å²) in [6, 6.07) is 10.1. The van der Waals surface area contributed by atoms with Crippen molar-refractivity contribution in [2.24, 2.45) is 0 Å². The number of hydrogen-bond donors (Lipinski definition) is 2. The summed E-state index contributed by atoms with van der Waals surface area (Å²) < 4.78 is 13.8. The SMILES string of the molecule is Cc1cc(C)c(NC(=O)CSc2nc(-c3ccc(F)cc3)c(N)s2)c(C)c1. The smallest absolute Gasteiger partial charge is 0.234 e. The van der Waals surface area contributed by atoms with Crippen LogP contribution in [-0.2, 0) is 4.79 Å². The van der Waals surface area contributed by atoms with Gasteiger partial charge in [0.15, 0.2) is 4.34 Å². The number of anilines is 2. The monoisotopic (exact) mass is 401 g/mol. The van der Waals surface area contributed by atoms with E-state index >= 15 is 0 Å². The number of aryl methyl sites for hydroxylation is 3. The predicted octanol–water partition coefficient (Wildman–Crippen LogP) is 5.19. The minimum absolute atomic E-state index is 0.0906. The number of carbonyl (C=O) groups is 1. The van der Waals surface area contributed by atoms with Crippen molar-refractivity contribution in [3.8, 4) is 11.3 Å². The number of thioether (sulfide) groups is 1. The second kappa shape index (κ2) is 8.10. The number of benzene rings is 2. The summed E-state index contributed by atoms with van der Waals surface area (Å²) >= 11 is 2.66. The highest BCUT2D eigenvalue weighted by atomic mass is 32.2. The van der Waals surface area contributed by atoms with Gasteiger partial charge in [0, 0.05) is 11.3 Å². The van der Waals surface area contributed by atoms with Crippen molar-refractivity contribution in [3.05, 3.63) is 58.9 Å². The molecule has 2 aromatic carbocycles. The molecular weight excluding hydrogens is 381 g/mol. The second-order valence-corrected chi connectivity index (χ2v) is 8.56.